The summed E-state index contributed by atoms with van der Waals surface area (Å²) in [4.78, 5) is 34.1. The van der Waals surface area contributed by atoms with E-state index in [-0.39, 0.29) is 29.9 Å². The lowest BCUT2D eigenvalue weighted by molar-refractivity contribution is -0.138. The van der Waals surface area contributed by atoms with Crippen LogP contribution in [0.15, 0.2) is 0 Å². The molecule has 0 aromatic heterocycles. The smallest absolute Gasteiger partial charge is 0.320 e. The average Bonchev–Trinajstić information content (AvgIpc) is 2.38. The van der Waals surface area contributed by atoms with E-state index < -0.39 is 24.0 Å². The predicted molar refractivity (Wildman–Crippen MR) is 83.1 cm³/mol. The first-order valence-electron chi connectivity index (χ1n) is 6.73. The lowest BCUT2D eigenvalue weighted by atomic mass is 9.97. The number of hydrogen-bond acceptors (Lipinski definition) is 5. The standard InChI is InChI=1S/C13H25N3O4S/c1-13(2,3)7-15-11(18)9(6-21)16-10(17)5-4-8(14)12(19)20/h8-9,21H,4-7,14H2,1-3H3,(H,15,18)(H,16,17)(H,19,20). The first-order chi connectivity index (χ1) is 9.56. The highest BCUT2D eigenvalue weighted by Gasteiger charge is 2.22. The Hall–Kier alpha value is -1.28. The number of carbonyl (C=O) groups is 3. The Bertz CT molecular complexity index is 382. The molecule has 0 fully saturated rings. The van der Waals surface area contributed by atoms with Crippen molar-refractivity contribution in [1.29, 1.82) is 0 Å². The lowest BCUT2D eigenvalue weighted by Crippen LogP contribution is -2.49. The zero-order valence-corrected chi connectivity index (χ0v) is 13.6. The van der Waals surface area contributed by atoms with Crippen LogP contribution in [-0.4, -0.2) is 47.3 Å². The minimum atomic E-state index is -1.16. The van der Waals surface area contributed by atoms with Crippen LogP contribution in [-0.2, 0) is 14.4 Å². The summed E-state index contributed by atoms with van der Waals surface area (Å²) >= 11 is 4.04. The van der Waals surface area contributed by atoms with Crippen molar-refractivity contribution in [2.75, 3.05) is 12.3 Å². The van der Waals surface area contributed by atoms with Crippen LogP contribution in [0.25, 0.3) is 0 Å². The zero-order chi connectivity index (χ0) is 16.6. The Kier molecular flexibility index (Phi) is 8.34. The van der Waals surface area contributed by atoms with Crippen molar-refractivity contribution in [2.24, 2.45) is 11.1 Å². The number of carboxylic acids is 1. The molecule has 2 amide bonds. The van der Waals surface area contributed by atoms with E-state index in [0.717, 1.165) is 0 Å². The fraction of sp³-hybridized carbons (Fsp3) is 0.769. The summed E-state index contributed by atoms with van der Waals surface area (Å²) in [5.74, 6) is -1.73. The van der Waals surface area contributed by atoms with Crippen molar-refractivity contribution in [3.05, 3.63) is 0 Å². The molecule has 8 heteroatoms. The molecule has 2 atom stereocenters. The first-order valence-corrected chi connectivity index (χ1v) is 7.36. The summed E-state index contributed by atoms with van der Waals surface area (Å²) in [6, 6.07) is -1.83. The monoisotopic (exact) mass is 319 g/mol. The van der Waals surface area contributed by atoms with Crippen LogP contribution in [0.3, 0.4) is 0 Å². The van der Waals surface area contributed by atoms with E-state index in [4.69, 9.17) is 10.8 Å². The van der Waals surface area contributed by atoms with E-state index in [1.54, 1.807) is 0 Å². The highest BCUT2D eigenvalue weighted by molar-refractivity contribution is 7.80. The number of hydrogen-bond donors (Lipinski definition) is 5. The van der Waals surface area contributed by atoms with Crippen LogP contribution in [0.4, 0.5) is 0 Å². The summed E-state index contributed by atoms with van der Waals surface area (Å²) < 4.78 is 0. The van der Waals surface area contributed by atoms with E-state index >= 15 is 0 Å². The number of nitrogens with two attached hydrogens (primary N) is 1. The van der Waals surface area contributed by atoms with Gasteiger partial charge in [0, 0.05) is 18.7 Å². The van der Waals surface area contributed by atoms with Crippen LogP contribution in [0, 0.1) is 5.41 Å². The molecule has 0 spiro atoms. The largest absolute Gasteiger partial charge is 0.480 e. The van der Waals surface area contributed by atoms with Gasteiger partial charge in [0.05, 0.1) is 0 Å². The molecule has 0 bridgehead atoms. The minimum Gasteiger partial charge on any atom is -0.480 e. The van der Waals surface area contributed by atoms with Crippen LogP contribution < -0.4 is 16.4 Å². The molecule has 0 aliphatic rings. The van der Waals surface area contributed by atoms with Gasteiger partial charge < -0.3 is 21.5 Å². The zero-order valence-electron chi connectivity index (χ0n) is 12.7. The van der Waals surface area contributed by atoms with Crippen molar-refractivity contribution in [1.82, 2.24) is 10.6 Å². The SMILES string of the molecule is CC(C)(C)CNC(=O)C(CS)NC(=O)CCC(N)C(=O)O. The van der Waals surface area contributed by atoms with Gasteiger partial charge in [-0.2, -0.15) is 12.6 Å². The molecule has 0 aromatic carbocycles. The van der Waals surface area contributed by atoms with Gasteiger partial charge in [-0.05, 0) is 11.8 Å². The van der Waals surface area contributed by atoms with Gasteiger partial charge in [0.25, 0.3) is 0 Å². The van der Waals surface area contributed by atoms with Crippen molar-refractivity contribution in [2.45, 2.75) is 45.7 Å². The lowest BCUT2D eigenvalue weighted by Gasteiger charge is -2.22. The quantitative estimate of drug-likeness (QED) is 0.395. The number of aliphatic carboxylic acids is 1. The summed E-state index contributed by atoms with van der Waals surface area (Å²) in [7, 11) is 0. The van der Waals surface area contributed by atoms with Gasteiger partial charge in [-0.1, -0.05) is 20.8 Å². The van der Waals surface area contributed by atoms with Crippen molar-refractivity contribution in [3.8, 4) is 0 Å². The maximum Gasteiger partial charge on any atom is 0.320 e. The number of carboxylic acid groups (broad SMARTS) is 1. The van der Waals surface area contributed by atoms with E-state index in [1.165, 1.54) is 0 Å². The molecule has 7 nitrogen and oxygen atoms in total. The van der Waals surface area contributed by atoms with Gasteiger partial charge in [0.2, 0.25) is 11.8 Å². The molecule has 0 aromatic rings. The highest BCUT2D eigenvalue weighted by atomic mass is 32.1. The van der Waals surface area contributed by atoms with E-state index in [2.05, 4.69) is 23.3 Å². The minimum absolute atomic E-state index is 0.0179. The van der Waals surface area contributed by atoms with E-state index in [1.807, 2.05) is 20.8 Å². The second-order valence-electron chi connectivity index (χ2n) is 6.06. The molecule has 0 saturated carbocycles. The Balaban J connectivity index is 4.26. The normalized spacial score (nSPS) is 14.1. The van der Waals surface area contributed by atoms with Crippen LogP contribution in [0.1, 0.15) is 33.6 Å². The van der Waals surface area contributed by atoms with Gasteiger partial charge in [0.1, 0.15) is 12.1 Å². The molecule has 0 heterocycles. The fourth-order valence-electron chi connectivity index (χ4n) is 1.35. The number of rotatable bonds is 8. The van der Waals surface area contributed by atoms with Gasteiger partial charge in [-0.15, -0.1) is 0 Å². The Morgan fingerprint density at radius 3 is 2.29 bits per heavy atom. The number of nitrogens with one attached hydrogen (secondary N) is 2. The predicted octanol–water partition coefficient (Wildman–Crippen LogP) is -0.245. The van der Waals surface area contributed by atoms with Crippen molar-refractivity contribution >= 4 is 30.4 Å². The first kappa shape index (κ1) is 19.7. The van der Waals surface area contributed by atoms with Crippen LogP contribution in [0.2, 0.25) is 0 Å². The molecular weight excluding hydrogens is 294 g/mol. The maximum atomic E-state index is 11.9. The molecule has 122 valence electrons. The van der Waals surface area contributed by atoms with E-state index in [0.29, 0.717) is 6.54 Å². The number of amides is 2. The molecule has 2 unspecified atom stereocenters. The number of carbonyl (C=O) groups excluding carboxylic acids is 2. The third-order valence-electron chi connectivity index (χ3n) is 2.63. The molecule has 0 rings (SSSR count). The Morgan fingerprint density at radius 2 is 1.86 bits per heavy atom. The third kappa shape index (κ3) is 9.30. The second-order valence-corrected chi connectivity index (χ2v) is 6.43. The van der Waals surface area contributed by atoms with Gasteiger partial charge >= 0.3 is 5.97 Å². The fourth-order valence-corrected chi connectivity index (χ4v) is 1.60. The van der Waals surface area contributed by atoms with Crippen molar-refractivity contribution < 1.29 is 19.5 Å². The molecule has 0 aliphatic heterocycles. The molecule has 0 radical (unpaired) electrons. The topological polar surface area (TPSA) is 122 Å². The molecule has 5 N–H and O–H groups in total. The Morgan fingerprint density at radius 1 is 1.29 bits per heavy atom. The van der Waals surface area contributed by atoms with E-state index in [9.17, 15) is 14.4 Å². The Labute approximate surface area is 130 Å². The van der Waals surface area contributed by atoms with Crippen LogP contribution >= 0.6 is 12.6 Å². The molecule has 21 heavy (non-hydrogen) atoms. The highest BCUT2D eigenvalue weighted by Crippen LogP contribution is 2.10. The molecular formula is C13H25N3O4S. The average molecular weight is 319 g/mol. The number of thiol groups is 1. The summed E-state index contributed by atoms with van der Waals surface area (Å²) in [5, 5.41) is 13.9. The third-order valence-corrected chi connectivity index (χ3v) is 2.99. The van der Waals surface area contributed by atoms with Gasteiger partial charge in [0.15, 0.2) is 0 Å². The van der Waals surface area contributed by atoms with Crippen molar-refractivity contribution in [3.63, 3.8) is 0 Å². The molecule has 0 aliphatic carbocycles. The second kappa shape index (κ2) is 8.89. The molecule has 0 saturated heterocycles. The summed E-state index contributed by atoms with van der Waals surface area (Å²) in [5.41, 5.74) is 5.25. The van der Waals surface area contributed by atoms with Gasteiger partial charge in [-0.3, -0.25) is 14.4 Å². The summed E-state index contributed by atoms with van der Waals surface area (Å²) in [6.07, 6.45) is -0.0334. The maximum absolute atomic E-state index is 11.9. The van der Waals surface area contributed by atoms with Gasteiger partial charge in [-0.25, -0.2) is 0 Å². The summed E-state index contributed by atoms with van der Waals surface area (Å²) in [6.45, 7) is 6.43. The van der Waals surface area contributed by atoms with Crippen LogP contribution in [0.5, 0.6) is 0 Å².